The summed E-state index contributed by atoms with van der Waals surface area (Å²) in [6.45, 7) is 19.7. The summed E-state index contributed by atoms with van der Waals surface area (Å²) in [6, 6.07) is 23.4. The zero-order chi connectivity index (χ0) is 24.5. The van der Waals surface area contributed by atoms with E-state index in [0.717, 1.165) is 12.8 Å². The molecule has 1 atom stereocenters. The molecule has 0 spiro atoms. The number of fused-ring (bicyclic) bond motifs is 1. The zero-order valence-corrected chi connectivity index (χ0v) is 25.3. The van der Waals surface area contributed by atoms with Gasteiger partial charge in [0.15, 0.2) is 0 Å². The number of benzene rings is 2. The molecule has 0 bridgehead atoms. The van der Waals surface area contributed by atoms with Gasteiger partial charge in [-0.25, -0.2) is 5.57 Å². The van der Waals surface area contributed by atoms with Crippen molar-refractivity contribution in [3.63, 3.8) is 0 Å². The van der Waals surface area contributed by atoms with Crippen LogP contribution in [0, 0.1) is 25.8 Å². The molecular formula is C30H38GeZr-4. The topological polar surface area (TPSA) is 0 Å². The molecule has 0 saturated heterocycles. The normalized spacial score (nSPS) is 13.8. The van der Waals surface area contributed by atoms with E-state index in [0.29, 0.717) is 5.92 Å². The van der Waals surface area contributed by atoms with E-state index >= 15 is 0 Å². The van der Waals surface area contributed by atoms with Crippen LogP contribution < -0.4 is 0 Å². The maximum absolute atomic E-state index is 3.49. The monoisotopic (exact) mass is 562 g/mol. The van der Waals surface area contributed by atoms with Crippen LogP contribution in [0.1, 0.15) is 54.4 Å². The van der Waals surface area contributed by atoms with Gasteiger partial charge in [-0.15, -0.1) is 53.6 Å². The Bertz CT molecular complexity index is 945. The van der Waals surface area contributed by atoms with Crippen molar-refractivity contribution in [2.45, 2.75) is 54.4 Å². The van der Waals surface area contributed by atoms with Crippen molar-refractivity contribution in [2.24, 2.45) is 5.92 Å². The Morgan fingerprint density at radius 3 is 1.84 bits per heavy atom. The SMILES string of the molecule is CC1=[C-]C(C)C(C)=C1C.[CH2-]CC.[CH2-]CC.[Ge]=[Zr].c1ccc(-c2c[cH-]c3ccccc23)cc1. The summed E-state index contributed by atoms with van der Waals surface area (Å²) in [5.41, 5.74) is 6.86. The molecule has 0 aliphatic heterocycles. The van der Waals surface area contributed by atoms with Crippen LogP contribution in [-0.4, -0.2) is 12.1 Å². The molecule has 0 amide bonds. The van der Waals surface area contributed by atoms with Crippen LogP contribution >= 0.6 is 0 Å². The predicted molar refractivity (Wildman–Crippen MR) is 142 cm³/mol. The Morgan fingerprint density at radius 2 is 1.41 bits per heavy atom. The van der Waals surface area contributed by atoms with Gasteiger partial charge in [0.05, 0.1) is 0 Å². The molecule has 0 nitrogen and oxygen atoms in total. The molecular weight excluding hydrogens is 524 g/mol. The van der Waals surface area contributed by atoms with Crippen molar-refractivity contribution in [3.8, 4) is 11.1 Å². The van der Waals surface area contributed by atoms with E-state index in [-0.39, 0.29) is 0 Å². The summed E-state index contributed by atoms with van der Waals surface area (Å²) in [7, 11) is 0. The van der Waals surface area contributed by atoms with Crippen molar-refractivity contribution in [2.75, 3.05) is 0 Å². The summed E-state index contributed by atoms with van der Waals surface area (Å²) in [4.78, 5) is 0. The van der Waals surface area contributed by atoms with Crippen molar-refractivity contribution < 1.29 is 21.6 Å². The van der Waals surface area contributed by atoms with Gasteiger partial charge >= 0.3 is 33.7 Å². The van der Waals surface area contributed by atoms with E-state index < -0.39 is 0 Å². The summed E-state index contributed by atoms with van der Waals surface area (Å²) in [5, 5.41) is 2.65. The molecule has 1 aliphatic rings. The Hall–Kier alpha value is -1.04. The van der Waals surface area contributed by atoms with Gasteiger partial charge in [-0.2, -0.15) is 24.0 Å². The van der Waals surface area contributed by atoms with E-state index in [1.165, 1.54) is 38.6 Å². The third kappa shape index (κ3) is 10.3. The largest absolute Gasteiger partial charge is 0.150 e. The van der Waals surface area contributed by atoms with Crippen LogP contribution in [0.2, 0.25) is 0 Å². The minimum atomic E-state index is 0.560. The van der Waals surface area contributed by atoms with E-state index in [1.807, 2.05) is 13.8 Å². The molecule has 0 N–H and O–H groups in total. The second-order valence-corrected chi connectivity index (χ2v) is 7.50. The molecule has 1 unspecified atom stereocenters. The van der Waals surface area contributed by atoms with E-state index in [2.05, 4.69) is 126 Å². The van der Waals surface area contributed by atoms with Crippen molar-refractivity contribution in [3.05, 3.63) is 103 Å². The molecule has 170 valence electrons. The molecule has 0 fully saturated rings. The quantitative estimate of drug-likeness (QED) is 0.205. The second kappa shape index (κ2) is 18.4. The first kappa shape index (κ1) is 31.0. The van der Waals surface area contributed by atoms with Crippen molar-refractivity contribution >= 4 is 22.9 Å². The average Bonchev–Trinajstić information content (AvgIpc) is 3.34. The second-order valence-electron chi connectivity index (χ2n) is 7.50. The summed E-state index contributed by atoms with van der Waals surface area (Å²) in [6.07, 6.45) is 5.36. The molecule has 3 aromatic carbocycles. The van der Waals surface area contributed by atoms with Crippen molar-refractivity contribution in [1.82, 2.24) is 0 Å². The molecule has 2 radical (unpaired) electrons. The van der Waals surface area contributed by atoms with Crippen LogP contribution in [-0.2, 0) is 21.6 Å². The third-order valence-corrected chi connectivity index (χ3v) is 5.00. The minimum Gasteiger partial charge on any atom is -0.150 e. The fraction of sp³-hybridized carbons (Fsp3) is 0.300. The van der Waals surface area contributed by atoms with Gasteiger partial charge in [-0.05, 0) is 0 Å². The first-order valence-electron chi connectivity index (χ1n) is 11.2. The fourth-order valence-electron chi connectivity index (χ4n) is 3.18. The van der Waals surface area contributed by atoms with E-state index in [1.54, 1.807) is 21.6 Å². The van der Waals surface area contributed by atoms with Gasteiger partial charge in [0.1, 0.15) is 0 Å². The smallest absolute Gasteiger partial charge is 0.0623 e. The van der Waals surface area contributed by atoms with Gasteiger partial charge in [0, 0.05) is 0 Å². The van der Waals surface area contributed by atoms with Crippen LogP contribution in [0.4, 0.5) is 0 Å². The molecule has 32 heavy (non-hydrogen) atoms. The average molecular weight is 562 g/mol. The van der Waals surface area contributed by atoms with Crippen LogP contribution in [0.25, 0.3) is 21.9 Å². The van der Waals surface area contributed by atoms with Crippen molar-refractivity contribution in [1.29, 1.82) is 0 Å². The summed E-state index contributed by atoms with van der Waals surface area (Å²) < 4.78 is 0. The number of hydrogen-bond acceptors (Lipinski definition) is 0. The molecule has 0 saturated carbocycles. The molecule has 2 heteroatoms. The molecule has 1 aliphatic carbocycles. The Balaban J connectivity index is 0.000000484. The maximum atomic E-state index is 3.49. The van der Waals surface area contributed by atoms with Gasteiger partial charge in [-0.3, -0.25) is 6.08 Å². The van der Waals surface area contributed by atoms with Crippen LogP contribution in [0.3, 0.4) is 0 Å². The standard InChI is InChI=1S/C15H11.C9H13.2C3H7.Ge.Zr/c1-2-6-12(7-3-1)15-11-10-13-8-4-5-9-14(13)15;1-6-5-7(2)9(4)8(6)3;2*1-3-2;;/h1-11H;6H,1-4H3;2*1,3H2,2H3;;/q4*-1;;. The first-order chi connectivity index (χ1) is 15.4. The Labute approximate surface area is 218 Å². The van der Waals surface area contributed by atoms with Gasteiger partial charge in [-0.1, -0.05) is 82.5 Å². The maximum Gasteiger partial charge on any atom is -0.0623 e. The molecule has 0 aromatic heterocycles. The Morgan fingerprint density at radius 1 is 0.906 bits per heavy atom. The predicted octanol–water partition coefficient (Wildman–Crippen LogP) is 9.03. The van der Waals surface area contributed by atoms with Gasteiger partial charge < -0.3 is 13.8 Å². The third-order valence-electron chi connectivity index (χ3n) is 5.00. The molecule has 0 heterocycles. The zero-order valence-electron chi connectivity index (χ0n) is 20.8. The molecule has 3 aromatic rings. The first-order valence-corrected chi connectivity index (χ1v) is 18.7. The van der Waals surface area contributed by atoms with Crippen LogP contribution in [0.5, 0.6) is 0 Å². The van der Waals surface area contributed by atoms with Gasteiger partial charge in [0.25, 0.3) is 0 Å². The number of rotatable bonds is 1. The summed E-state index contributed by atoms with van der Waals surface area (Å²) >= 11 is 3.64. The van der Waals surface area contributed by atoms with Crippen LogP contribution in [0.15, 0.2) is 83.4 Å². The minimum absolute atomic E-state index is 0.560. The number of hydrogen-bond donors (Lipinski definition) is 0. The van der Waals surface area contributed by atoms with Gasteiger partial charge in [0.2, 0.25) is 0 Å². The summed E-state index contributed by atoms with van der Waals surface area (Å²) in [5.74, 6) is 0.560. The van der Waals surface area contributed by atoms with E-state index in [4.69, 9.17) is 0 Å². The van der Waals surface area contributed by atoms with E-state index in [9.17, 15) is 0 Å². The Kier molecular flexibility index (Phi) is 17.8. The fourth-order valence-corrected chi connectivity index (χ4v) is 3.18. The number of allylic oxidation sites excluding steroid dienone is 4. The molecule has 4 rings (SSSR count).